The fraction of sp³-hybridized carbons (Fsp3) is 0.500. The maximum Gasteiger partial charge on any atom is 0.154 e. The van der Waals surface area contributed by atoms with Crippen molar-refractivity contribution in [1.82, 2.24) is 0 Å². The smallest absolute Gasteiger partial charge is 0.154 e. The van der Waals surface area contributed by atoms with E-state index in [4.69, 9.17) is 15.2 Å². The minimum absolute atomic E-state index is 0.0928. The minimum atomic E-state index is 0.0928. The predicted molar refractivity (Wildman–Crippen MR) is 82.1 cm³/mol. The summed E-state index contributed by atoms with van der Waals surface area (Å²) in [6, 6.07) is 8.09. The van der Waals surface area contributed by atoms with Crippen molar-refractivity contribution in [3.05, 3.63) is 29.8 Å². The lowest BCUT2D eigenvalue weighted by molar-refractivity contribution is 0.186. The van der Waals surface area contributed by atoms with Gasteiger partial charge >= 0.3 is 0 Å². The molecule has 1 atom stereocenters. The molecule has 1 rings (SSSR count). The standard InChI is InChI=1S/C14H22N2O2S/c1-11-5-4-6-13(9-11)18-7-8-19-14(15)16-12(2)10-17-3/h4-6,9,12H,7-8,10H2,1-3H3,(H2,15,16)/t12-/m0/s1. The van der Waals surface area contributed by atoms with Crippen LogP contribution >= 0.6 is 11.8 Å². The van der Waals surface area contributed by atoms with Gasteiger partial charge < -0.3 is 15.2 Å². The van der Waals surface area contributed by atoms with Gasteiger partial charge in [-0.25, -0.2) is 0 Å². The van der Waals surface area contributed by atoms with E-state index in [2.05, 4.69) is 4.99 Å². The number of hydrogen-bond acceptors (Lipinski definition) is 4. The Morgan fingerprint density at radius 1 is 1.47 bits per heavy atom. The Labute approximate surface area is 119 Å². The van der Waals surface area contributed by atoms with Crippen LogP contribution in [0.3, 0.4) is 0 Å². The Morgan fingerprint density at radius 2 is 2.26 bits per heavy atom. The second-order valence-electron chi connectivity index (χ2n) is 4.29. The zero-order valence-electron chi connectivity index (χ0n) is 11.8. The number of ether oxygens (including phenoxy) is 2. The normalized spacial score (nSPS) is 13.3. The average molecular weight is 282 g/mol. The second kappa shape index (κ2) is 8.82. The fourth-order valence-electron chi connectivity index (χ4n) is 1.54. The van der Waals surface area contributed by atoms with Crippen LogP contribution in [0.2, 0.25) is 0 Å². The van der Waals surface area contributed by atoms with Gasteiger partial charge in [0.2, 0.25) is 0 Å². The molecule has 5 heteroatoms. The Balaban J connectivity index is 2.23. The number of thioether (sulfide) groups is 1. The lowest BCUT2D eigenvalue weighted by Gasteiger charge is -2.08. The van der Waals surface area contributed by atoms with Gasteiger partial charge in [0.15, 0.2) is 5.17 Å². The van der Waals surface area contributed by atoms with Crippen molar-refractivity contribution >= 4 is 16.9 Å². The van der Waals surface area contributed by atoms with Crippen LogP contribution in [0.15, 0.2) is 29.3 Å². The second-order valence-corrected chi connectivity index (χ2v) is 5.40. The summed E-state index contributed by atoms with van der Waals surface area (Å²) >= 11 is 1.50. The maximum absolute atomic E-state index is 5.81. The highest BCUT2D eigenvalue weighted by Gasteiger charge is 2.01. The van der Waals surface area contributed by atoms with Crippen LogP contribution in [-0.4, -0.2) is 37.3 Å². The van der Waals surface area contributed by atoms with E-state index >= 15 is 0 Å². The molecule has 19 heavy (non-hydrogen) atoms. The summed E-state index contributed by atoms with van der Waals surface area (Å²) in [6.07, 6.45) is 0. The van der Waals surface area contributed by atoms with E-state index in [1.807, 2.05) is 38.1 Å². The number of aliphatic imine (C=N–C) groups is 1. The van der Waals surface area contributed by atoms with Gasteiger partial charge in [0, 0.05) is 12.9 Å². The molecule has 0 bridgehead atoms. The third-order valence-corrected chi connectivity index (χ3v) is 3.12. The van der Waals surface area contributed by atoms with Crippen LogP contribution in [0.5, 0.6) is 5.75 Å². The first-order chi connectivity index (χ1) is 9.11. The summed E-state index contributed by atoms with van der Waals surface area (Å²) in [7, 11) is 1.66. The zero-order valence-corrected chi connectivity index (χ0v) is 12.6. The molecule has 0 spiro atoms. The van der Waals surface area contributed by atoms with Crippen LogP contribution in [0, 0.1) is 6.92 Å². The zero-order chi connectivity index (χ0) is 14.1. The molecule has 0 heterocycles. The van der Waals surface area contributed by atoms with E-state index < -0.39 is 0 Å². The fourth-order valence-corrected chi connectivity index (χ4v) is 2.17. The Hall–Kier alpha value is -1.20. The van der Waals surface area contributed by atoms with Crippen LogP contribution in [0.25, 0.3) is 0 Å². The number of nitrogens with zero attached hydrogens (tertiary/aromatic N) is 1. The van der Waals surface area contributed by atoms with Crippen LogP contribution in [0.4, 0.5) is 0 Å². The average Bonchev–Trinajstić information content (AvgIpc) is 2.35. The Bertz CT molecular complexity index is 410. The third-order valence-electron chi connectivity index (χ3n) is 2.35. The first-order valence-corrected chi connectivity index (χ1v) is 7.25. The van der Waals surface area contributed by atoms with Crippen LogP contribution in [-0.2, 0) is 4.74 Å². The van der Waals surface area contributed by atoms with Gasteiger partial charge in [-0.1, -0.05) is 23.9 Å². The summed E-state index contributed by atoms with van der Waals surface area (Å²) in [5.41, 5.74) is 7.00. The summed E-state index contributed by atoms with van der Waals surface area (Å²) in [5.74, 6) is 1.67. The summed E-state index contributed by atoms with van der Waals surface area (Å²) in [6.45, 7) is 5.22. The van der Waals surface area contributed by atoms with E-state index in [1.165, 1.54) is 17.3 Å². The minimum Gasteiger partial charge on any atom is -0.493 e. The molecule has 0 saturated heterocycles. The first kappa shape index (κ1) is 15.9. The van der Waals surface area contributed by atoms with Crippen molar-refractivity contribution in [1.29, 1.82) is 0 Å². The van der Waals surface area contributed by atoms with E-state index in [9.17, 15) is 0 Å². The Morgan fingerprint density at radius 3 is 2.95 bits per heavy atom. The highest BCUT2D eigenvalue weighted by Crippen LogP contribution is 2.13. The molecule has 0 amide bonds. The number of benzene rings is 1. The Kier molecular flexibility index (Phi) is 7.36. The quantitative estimate of drug-likeness (QED) is 0.474. The number of methoxy groups -OCH3 is 1. The van der Waals surface area contributed by atoms with Crippen LogP contribution in [0.1, 0.15) is 12.5 Å². The molecule has 106 valence electrons. The van der Waals surface area contributed by atoms with Gasteiger partial charge in [0.1, 0.15) is 5.75 Å². The molecular formula is C14H22N2O2S. The monoisotopic (exact) mass is 282 g/mol. The molecule has 0 saturated carbocycles. The third kappa shape index (κ3) is 7.08. The molecule has 0 aliphatic rings. The topological polar surface area (TPSA) is 56.8 Å². The number of amidine groups is 1. The van der Waals surface area contributed by atoms with Gasteiger partial charge in [-0.05, 0) is 31.5 Å². The summed E-state index contributed by atoms with van der Waals surface area (Å²) in [5, 5.41) is 0.581. The van der Waals surface area contributed by atoms with Gasteiger partial charge in [-0.3, -0.25) is 4.99 Å². The largest absolute Gasteiger partial charge is 0.493 e. The molecular weight excluding hydrogens is 260 g/mol. The van der Waals surface area contributed by atoms with E-state index in [1.54, 1.807) is 7.11 Å². The number of rotatable bonds is 7. The molecule has 0 fully saturated rings. The lowest BCUT2D eigenvalue weighted by atomic mass is 10.2. The van der Waals surface area contributed by atoms with Gasteiger partial charge in [-0.15, -0.1) is 0 Å². The van der Waals surface area contributed by atoms with Gasteiger partial charge in [-0.2, -0.15) is 0 Å². The molecule has 0 unspecified atom stereocenters. The predicted octanol–water partition coefficient (Wildman–Crippen LogP) is 2.46. The summed E-state index contributed by atoms with van der Waals surface area (Å²) < 4.78 is 10.6. The molecule has 2 N–H and O–H groups in total. The number of nitrogens with two attached hydrogens (primary N) is 1. The van der Waals surface area contributed by atoms with Crippen molar-refractivity contribution in [2.45, 2.75) is 19.9 Å². The van der Waals surface area contributed by atoms with Crippen molar-refractivity contribution in [3.63, 3.8) is 0 Å². The van der Waals surface area contributed by atoms with Crippen molar-refractivity contribution in [2.24, 2.45) is 10.7 Å². The van der Waals surface area contributed by atoms with E-state index in [0.29, 0.717) is 18.4 Å². The molecule has 0 aliphatic heterocycles. The van der Waals surface area contributed by atoms with Crippen molar-refractivity contribution in [3.8, 4) is 5.75 Å². The maximum atomic E-state index is 5.81. The molecule has 4 nitrogen and oxygen atoms in total. The van der Waals surface area contributed by atoms with E-state index in [0.717, 1.165) is 11.5 Å². The SMILES string of the molecule is COC[C@H](C)N=C(N)SCCOc1cccc(C)c1. The molecule has 1 aromatic carbocycles. The first-order valence-electron chi connectivity index (χ1n) is 6.26. The van der Waals surface area contributed by atoms with Gasteiger partial charge in [0.25, 0.3) is 0 Å². The van der Waals surface area contributed by atoms with Crippen molar-refractivity contribution < 1.29 is 9.47 Å². The van der Waals surface area contributed by atoms with E-state index in [-0.39, 0.29) is 6.04 Å². The van der Waals surface area contributed by atoms with Gasteiger partial charge in [0.05, 0.1) is 19.3 Å². The van der Waals surface area contributed by atoms with Crippen LogP contribution < -0.4 is 10.5 Å². The highest BCUT2D eigenvalue weighted by molar-refractivity contribution is 8.13. The number of aryl methyl sites for hydroxylation is 1. The lowest BCUT2D eigenvalue weighted by Crippen LogP contribution is -2.16. The molecule has 0 radical (unpaired) electrons. The highest BCUT2D eigenvalue weighted by atomic mass is 32.2. The molecule has 0 aromatic heterocycles. The number of hydrogen-bond donors (Lipinski definition) is 1. The molecule has 0 aliphatic carbocycles. The summed E-state index contributed by atoms with van der Waals surface area (Å²) in [4.78, 5) is 4.30. The molecule has 1 aromatic rings. The van der Waals surface area contributed by atoms with Crippen molar-refractivity contribution in [2.75, 3.05) is 26.1 Å².